The zero-order chi connectivity index (χ0) is 35.3. The van der Waals surface area contributed by atoms with Crippen LogP contribution in [0.5, 0.6) is 5.88 Å². The second-order valence-electron chi connectivity index (χ2n) is 11.9. The number of aliphatic hydroxyl groups excluding tert-OH is 1. The number of hydrogen-bond acceptors (Lipinski definition) is 14. The molecule has 15 nitrogen and oxygen atoms in total. The van der Waals surface area contributed by atoms with Gasteiger partial charge in [0.2, 0.25) is 16.9 Å². The molecule has 3 heterocycles. The fraction of sp³-hybridized carbons (Fsp3) is 0.567. The van der Waals surface area contributed by atoms with Crippen LogP contribution in [0.3, 0.4) is 0 Å². The van der Waals surface area contributed by atoms with E-state index in [4.69, 9.17) is 29.0 Å². The highest BCUT2D eigenvalue weighted by atomic mass is 32.2. The molecular weight excluding hydrogens is 670 g/mol. The third-order valence-electron chi connectivity index (χ3n) is 7.33. The van der Waals surface area contributed by atoms with Crippen LogP contribution in [0.4, 0.5) is 10.3 Å². The molecule has 0 saturated carbocycles. The number of nitrogens with zero attached hydrogens (tertiary/aromatic N) is 4. The normalized spacial score (nSPS) is 22.6. The van der Waals surface area contributed by atoms with Gasteiger partial charge in [-0.25, -0.2) is 19.0 Å². The summed E-state index contributed by atoms with van der Waals surface area (Å²) < 4.78 is 59.2. The van der Waals surface area contributed by atoms with Crippen LogP contribution >= 0.6 is 19.5 Å². The first-order chi connectivity index (χ1) is 22.6. The number of thioether (sulfide) groups is 1. The van der Waals surface area contributed by atoms with Gasteiger partial charge in [0.15, 0.2) is 23.1 Å². The van der Waals surface area contributed by atoms with E-state index < -0.39 is 55.0 Å². The van der Waals surface area contributed by atoms with E-state index in [9.17, 15) is 19.3 Å². The first kappa shape index (κ1) is 37.6. The minimum Gasteiger partial charge on any atom is -0.476 e. The Morgan fingerprint density at radius 1 is 1.25 bits per heavy atom. The second-order valence-corrected chi connectivity index (χ2v) is 14.8. The van der Waals surface area contributed by atoms with Crippen molar-refractivity contribution in [2.24, 2.45) is 5.41 Å². The van der Waals surface area contributed by atoms with Crippen LogP contribution < -0.4 is 15.6 Å². The summed E-state index contributed by atoms with van der Waals surface area (Å²) in [6.45, 7) is 8.82. The quantitative estimate of drug-likeness (QED) is 0.0834. The smallest absolute Gasteiger partial charge is 0.405 e. The molecule has 1 aliphatic heterocycles. The number of hydrogen-bond donors (Lipinski definition) is 3. The molecule has 0 spiro atoms. The number of esters is 1. The lowest BCUT2D eigenvalue weighted by molar-refractivity contribution is -0.159. The SMILES string of the molecule is CCOc1nc(N)nc2c1ncn2[C@@H]1O[C@H](COP(=O)(NCc2ccccc2)OCCSC(=O)C(C)(C)C(=O)OC(C)C)[C@@H](O)[C@@]1(C)F. The van der Waals surface area contributed by atoms with E-state index in [1.807, 2.05) is 6.07 Å². The van der Waals surface area contributed by atoms with Crippen LogP contribution in [0.25, 0.3) is 11.2 Å². The van der Waals surface area contributed by atoms with Crippen LogP contribution in [-0.4, -0.2) is 85.3 Å². The average molecular weight is 713 g/mol. The van der Waals surface area contributed by atoms with Crippen molar-refractivity contribution in [1.29, 1.82) is 0 Å². The number of aromatic nitrogens is 4. The van der Waals surface area contributed by atoms with Gasteiger partial charge in [-0.3, -0.25) is 23.2 Å². The fourth-order valence-electron chi connectivity index (χ4n) is 4.67. The van der Waals surface area contributed by atoms with Gasteiger partial charge in [0.25, 0.3) is 0 Å². The Bertz CT molecular complexity index is 1630. The molecule has 1 aliphatic rings. The van der Waals surface area contributed by atoms with Crippen molar-refractivity contribution in [3.8, 4) is 5.88 Å². The minimum absolute atomic E-state index is 0.0349. The van der Waals surface area contributed by atoms with Crippen molar-refractivity contribution in [1.82, 2.24) is 24.6 Å². The molecule has 0 radical (unpaired) electrons. The predicted molar refractivity (Wildman–Crippen MR) is 176 cm³/mol. The Morgan fingerprint density at radius 2 is 1.96 bits per heavy atom. The van der Waals surface area contributed by atoms with Gasteiger partial charge in [0.05, 0.1) is 32.3 Å². The number of rotatable bonds is 16. The van der Waals surface area contributed by atoms with E-state index in [0.29, 0.717) is 0 Å². The van der Waals surface area contributed by atoms with Gasteiger partial charge in [0, 0.05) is 12.3 Å². The molecule has 0 aliphatic carbocycles. The maximum absolute atomic E-state index is 16.1. The van der Waals surface area contributed by atoms with Crippen molar-refractivity contribution in [2.45, 2.75) is 78.3 Å². The number of nitrogens with two attached hydrogens (primary N) is 1. The highest BCUT2D eigenvalue weighted by molar-refractivity contribution is 8.13. The van der Waals surface area contributed by atoms with Crippen LogP contribution in [0.1, 0.15) is 53.3 Å². The summed E-state index contributed by atoms with van der Waals surface area (Å²) in [4.78, 5) is 37.6. The van der Waals surface area contributed by atoms with Crippen LogP contribution in [0.2, 0.25) is 0 Å². The summed E-state index contributed by atoms with van der Waals surface area (Å²) in [7, 11) is -4.14. The Kier molecular flexibility index (Phi) is 12.2. The molecular formula is C30H42FN6O9PS. The number of ether oxygens (including phenoxy) is 3. The number of aliphatic hydroxyl groups is 1. The second kappa shape index (κ2) is 15.6. The molecule has 4 N–H and O–H groups in total. The highest BCUT2D eigenvalue weighted by Gasteiger charge is 2.56. The molecule has 1 unspecified atom stereocenters. The molecule has 0 amide bonds. The van der Waals surface area contributed by atoms with Gasteiger partial charge in [0.1, 0.15) is 17.6 Å². The predicted octanol–water partition coefficient (Wildman–Crippen LogP) is 3.96. The summed E-state index contributed by atoms with van der Waals surface area (Å²) in [6.07, 6.45) is -3.57. The zero-order valence-electron chi connectivity index (χ0n) is 27.6. The number of imidazole rings is 1. The van der Waals surface area contributed by atoms with Crippen LogP contribution in [0, 0.1) is 5.41 Å². The zero-order valence-corrected chi connectivity index (χ0v) is 29.3. The van der Waals surface area contributed by atoms with Crippen molar-refractivity contribution in [3.63, 3.8) is 0 Å². The summed E-state index contributed by atoms with van der Waals surface area (Å²) in [5, 5.41) is 13.3. The molecule has 1 saturated heterocycles. The van der Waals surface area contributed by atoms with Gasteiger partial charge in [-0.2, -0.15) is 9.97 Å². The Hall–Kier alpha value is -3.18. The lowest BCUT2D eigenvalue weighted by Crippen LogP contribution is -2.40. The summed E-state index contributed by atoms with van der Waals surface area (Å²) in [5.74, 6) is -0.641. The van der Waals surface area contributed by atoms with Gasteiger partial charge >= 0.3 is 13.7 Å². The number of fused-ring (bicyclic) bond motifs is 1. The number of nitrogens with one attached hydrogen (secondary N) is 1. The van der Waals surface area contributed by atoms with Crippen molar-refractivity contribution in [3.05, 3.63) is 42.2 Å². The number of halogens is 1. The van der Waals surface area contributed by atoms with Gasteiger partial charge in [-0.05, 0) is 47.1 Å². The monoisotopic (exact) mass is 712 g/mol. The van der Waals surface area contributed by atoms with Gasteiger partial charge in [-0.15, -0.1) is 0 Å². The lowest BCUT2D eigenvalue weighted by Gasteiger charge is -2.25. The number of carbonyl (C=O) groups is 2. The molecule has 264 valence electrons. The molecule has 48 heavy (non-hydrogen) atoms. The third kappa shape index (κ3) is 8.69. The van der Waals surface area contributed by atoms with E-state index in [2.05, 4.69) is 20.0 Å². The van der Waals surface area contributed by atoms with E-state index in [0.717, 1.165) is 24.2 Å². The van der Waals surface area contributed by atoms with Crippen LogP contribution in [0.15, 0.2) is 36.7 Å². The summed E-state index contributed by atoms with van der Waals surface area (Å²) >= 11 is 0.822. The van der Waals surface area contributed by atoms with Gasteiger partial charge < -0.3 is 25.1 Å². The molecule has 0 bridgehead atoms. The largest absolute Gasteiger partial charge is 0.476 e. The number of benzene rings is 1. The van der Waals surface area contributed by atoms with Crippen LogP contribution in [-0.2, 0) is 39.2 Å². The highest BCUT2D eigenvalue weighted by Crippen LogP contribution is 2.48. The van der Waals surface area contributed by atoms with E-state index in [1.54, 1.807) is 45.0 Å². The first-order valence-electron chi connectivity index (χ1n) is 15.3. The maximum Gasteiger partial charge on any atom is 0.405 e. The first-order valence-corrected chi connectivity index (χ1v) is 17.8. The standard InChI is InChI=1S/C30H42FN6O9PS/c1-7-42-24-21-23(35-28(32)36-24)37(17-33-21)25-30(6,31)22(38)20(46-25)16-44-47(41,34-15-19-11-9-8-10-12-19)43-13-14-48-27(40)29(4,5)26(39)45-18(2)3/h8-12,17-18,20,22,25,38H,7,13-16H2,1-6H3,(H,34,41)(H2,32,35,36)/t20-,22-,25-,30-,47?/m1/s1. The average Bonchev–Trinajstić information content (AvgIpc) is 3.54. The number of alkyl halides is 1. The topological polar surface area (TPSA) is 199 Å². The summed E-state index contributed by atoms with van der Waals surface area (Å²) in [5.41, 5.74) is 3.18. The third-order valence-corrected chi connectivity index (χ3v) is 10.0. The number of anilines is 1. The van der Waals surface area contributed by atoms with E-state index >= 15 is 4.39 Å². The maximum atomic E-state index is 16.1. The molecule has 4 rings (SSSR count). The van der Waals surface area contributed by atoms with Crippen molar-refractivity contribution >= 4 is 47.7 Å². The molecule has 18 heteroatoms. The van der Waals surface area contributed by atoms with Crippen molar-refractivity contribution in [2.75, 3.05) is 31.3 Å². The lowest BCUT2D eigenvalue weighted by atomic mass is 9.96. The molecule has 1 aromatic carbocycles. The molecule has 3 aromatic rings. The fourth-order valence-corrected chi connectivity index (χ4v) is 6.90. The Morgan fingerprint density at radius 3 is 2.62 bits per heavy atom. The molecule has 1 fully saturated rings. The van der Waals surface area contributed by atoms with Crippen molar-refractivity contribution < 1.29 is 46.9 Å². The number of carbonyl (C=O) groups excluding carboxylic acids is 2. The summed E-state index contributed by atoms with van der Waals surface area (Å²) in [6, 6.07) is 9.04. The molecule has 5 atom stereocenters. The molecule has 2 aromatic heterocycles. The number of nitrogen functional groups attached to an aromatic ring is 1. The Balaban J connectivity index is 1.45. The van der Waals surface area contributed by atoms with Gasteiger partial charge in [-0.1, -0.05) is 42.1 Å². The minimum atomic E-state index is -4.14. The van der Waals surface area contributed by atoms with E-state index in [1.165, 1.54) is 24.7 Å². The van der Waals surface area contributed by atoms with E-state index in [-0.39, 0.29) is 54.6 Å². The Labute approximate surface area is 282 Å².